The largest absolute Gasteiger partial charge is 0.390 e. The van der Waals surface area contributed by atoms with E-state index in [0.717, 1.165) is 25.9 Å². The summed E-state index contributed by atoms with van der Waals surface area (Å²) in [5.74, 6) is 2.45. The van der Waals surface area contributed by atoms with Crippen LogP contribution in [0.5, 0.6) is 0 Å². The molecule has 3 heteroatoms. The molecule has 1 fully saturated rings. The number of piperidine rings is 1. The lowest BCUT2D eigenvalue weighted by atomic mass is 9.94. The van der Waals surface area contributed by atoms with Crippen LogP contribution in [-0.4, -0.2) is 46.7 Å². The van der Waals surface area contributed by atoms with Gasteiger partial charge in [0.15, 0.2) is 0 Å². The molecule has 13 heavy (non-hydrogen) atoms. The fourth-order valence-electron chi connectivity index (χ4n) is 1.60. The van der Waals surface area contributed by atoms with Crippen LogP contribution in [0.2, 0.25) is 0 Å². The molecule has 0 aliphatic carbocycles. The molecule has 1 aliphatic rings. The Morgan fingerprint density at radius 1 is 1.38 bits per heavy atom. The summed E-state index contributed by atoms with van der Waals surface area (Å²) in [6.07, 6.45) is 1.87. The lowest BCUT2D eigenvalue weighted by molar-refractivity contribution is -0.00365. The van der Waals surface area contributed by atoms with Gasteiger partial charge in [0, 0.05) is 25.4 Å². The maximum atomic E-state index is 9.73. The Bertz CT molecular complexity index is 140. The molecule has 2 nitrogen and oxygen atoms in total. The van der Waals surface area contributed by atoms with E-state index in [0.29, 0.717) is 0 Å². The van der Waals surface area contributed by atoms with Gasteiger partial charge < -0.3 is 10.0 Å². The third-order valence-corrected chi connectivity index (χ3v) is 3.57. The standard InChI is InChI=1S/C10H21NOS/c1-3-13-9-8-11-6-4-10(2,12)5-7-11/h12H,3-9H2,1-2H3. The van der Waals surface area contributed by atoms with E-state index in [-0.39, 0.29) is 0 Å². The van der Waals surface area contributed by atoms with Crippen molar-refractivity contribution in [3.63, 3.8) is 0 Å². The first-order valence-corrected chi connectivity index (χ1v) is 6.32. The van der Waals surface area contributed by atoms with Crippen molar-refractivity contribution in [2.75, 3.05) is 31.1 Å². The third kappa shape index (κ3) is 4.34. The summed E-state index contributed by atoms with van der Waals surface area (Å²) < 4.78 is 0. The monoisotopic (exact) mass is 203 g/mol. The van der Waals surface area contributed by atoms with Crippen molar-refractivity contribution in [3.05, 3.63) is 0 Å². The molecule has 0 amide bonds. The van der Waals surface area contributed by atoms with Gasteiger partial charge in [0.2, 0.25) is 0 Å². The van der Waals surface area contributed by atoms with Crippen molar-refractivity contribution in [1.29, 1.82) is 0 Å². The molecule has 1 N–H and O–H groups in total. The summed E-state index contributed by atoms with van der Waals surface area (Å²) in [6, 6.07) is 0. The average Bonchev–Trinajstić information content (AvgIpc) is 2.08. The molecule has 0 aromatic heterocycles. The minimum Gasteiger partial charge on any atom is -0.390 e. The highest BCUT2D eigenvalue weighted by Crippen LogP contribution is 2.20. The van der Waals surface area contributed by atoms with Gasteiger partial charge in [-0.3, -0.25) is 0 Å². The van der Waals surface area contributed by atoms with Gasteiger partial charge in [-0.15, -0.1) is 0 Å². The summed E-state index contributed by atoms with van der Waals surface area (Å²) >= 11 is 2.00. The van der Waals surface area contributed by atoms with Crippen LogP contribution in [0, 0.1) is 0 Å². The fourth-order valence-corrected chi connectivity index (χ4v) is 2.27. The Morgan fingerprint density at radius 2 is 2.00 bits per heavy atom. The number of aliphatic hydroxyl groups is 1. The van der Waals surface area contributed by atoms with Crippen LogP contribution in [0.1, 0.15) is 26.7 Å². The zero-order chi connectivity index (χ0) is 9.73. The lowest BCUT2D eigenvalue weighted by Crippen LogP contribution is -2.43. The molecule has 0 aromatic carbocycles. The molecule has 0 spiro atoms. The van der Waals surface area contributed by atoms with Crippen LogP contribution in [0.3, 0.4) is 0 Å². The summed E-state index contributed by atoms with van der Waals surface area (Å²) in [6.45, 7) is 7.47. The second kappa shape index (κ2) is 5.23. The van der Waals surface area contributed by atoms with E-state index < -0.39 is 5.60 Å². The molecule has 1 aliphatic heterocycles. The average molecular weight is 203 g/mol. The van der Waals surface area contributed by atoms with Crippen molar-refractivity contribution in [2.45, 2.75) is 32.3 Å². The molecule has 0 radical (unpaired) electrons. The van der Waals surface area contributed by atoms with Crippen molar-refractivity contribution in [3.8, 4) is 0 Å². The van der Waals surface area contributed by atoms with Gasteiger partial charge in [0.25, 0.3) is 0 Å². The predicted octanol–water partition coefficient (Wildman–Crippen LogP) is 1.59. The van der Waals surface area contributed by atoms with Crippen molar-refractivity contribution in [1.82, 2.24) is 4.90 Å². The molecule has 0 bridgehead atoms. The van der Waals surface area contributed by atoms with E-state index >= 15 is 0 Å². The molecular formula is C10H21NOS. The van der Waals surface area contributed by atoms with Crippen LogP contribution in [0.15, 0.2) is 0 Å². The topological polar surface area (TPSA) is 23.5 Å². The first-order chi connectivity index (χ1) is 6.14. The van der Waals surface area contributed by atoms with Gasteiger partial charge in [-0.2, -0.15) is 11.8 Å². The smallest absolute Gasteiger partial charge is 0.0644 e. The van der Waals surface area contributed by atoms with E-state index in [1.54, 1.807) is 0 Å². The first-order valence-electron chi connectivity index (χ1n) is 5.16. The third-order valence-electron chi connectivity index (χ3n) is 2.69. The van der Waals surface area contributed by atoms with Crippen LogP contribution in [-0.2, 0) is 0 Å². The summed E-state index contributed by atoms with van der Waals surface area (Å²) in [4.78, 5) is 2.46. The second-order valence-corrected chi connectivity index (χ2v) is 5.43. The van der Waals surface area contributed by atoms with E-state index in [9.17, 15) is 5.11 Å². The molecular weight excluding hydrogens is 182 g/mol. The normalized spacial score (nSPS) is 23.3. The summed E-state index contributed by atoms with van der Waals surface area (Å²) in [5, 5.41) is 9.73. The highest BCUT2D eigenvalue weighted by atomic mass is 32.2. The number of thioether (sulfide) groups is 1. The molecule has 1 saturated heterocycles. The number of hydrogen-bond donors (Lipinski definition) is 1. The van der Waals surface area contributed by atoms with Crippen molar-refractivity contribution in [2.24, 2.45) is 0 Å². The Labute approximate surface area is 85.7 Å². The summed E-state index contributed by atoms with van der Waals surface area (Å²) in [5.41, 5.74) is -0.394. The Kier molecular flexibility index (Phi) is 4.56. The van der Waals surface area contributed by atoms with E-state index in [2.05, 4.69) is 11.8 Å². The highest BCUT2D eigenvalue weighted by Gasteiger charge is 2.26. The van der Waals surface area contributed by atoms with E-state index in [4.69, 9.17) is 0 Å². The Balaban J connectivity index is 2.11. The van der Waals surface area contributed by atoms with Gasteiger partial charge >= 0.3 is 0 Å². The Hall–Kier alpha value is 0.270. The van der Waals surface area contributed by atoms with Gasteiger partial charge in [0.1, 0.15) is 0 Å². The molecule has 0 saturated carbocycles. The number of rotatable bonds is 4. The minimum atomic E-state index is -0.394. The van der Waals surface area contributed by atoms with Gasteiger partial charge in [0.05, 0.1) is 5.60 Å². The predicted molar refractivity (Wildman–Crippen MR) is 59.3 cm³/mol. The van der Waals surface area contributed by atoms with Crippen LogP contribution >= 0.6 is 11.8 Å². The number of likely N-dealkylation sites (tertiary alicyclic amines) is 1. The second-order valence-electron chi connectivity index (χ2n) is 4.04. The van der Waals surface area contributed by atoms with E-state index in [1.807, 2.05) is 18.7 Å². The SMILES string of the molecule is CCSCCN1CCC(C)(O)CC1. The lowest BCUT2D eigenvalue weighted by Gasteiger charge is -2.35. The van der Waals surface area contributed by atoms with Crippen LogP contribution in [0.4, 0.5) is 0 Å². The molecule has 1 rings (SSSR count). The zero-order valence-corrected chi connectivity index (χ0v) is 9.57. The van der Waals surface area contributed by atoms with Gasteiger partial charge in [-0.05, 0) is 25.5 Å². The maximum Gasteiger partial charge on any atom is 0.0644 e. The van der Waals surface area contributed by atoms with Gasteiger partial charge in [-0.1, -0.05) is 6.92 Å². The van der Waals surface area contributed by atoms with Gasteiger partial charge in [-0.25, -0.2) is 0 Å². The highest BCUT2D eigenvalue weighted by molar-refractivity contribution is 7.99. The zero-order valence-electron chi connectivity index (χ0n) is 8.75. The summed E-state index contributed by atoms with van der Waals surface area (Å²) in [7, 11) is 0. The molecule has 0 aromatic rings. The fraction of sp³-hybridized carbons (Fsp3) is 1.00. The quantitative estimate of drug-likeness (QED) is 0.702. The minimum absolute atomic E-state index is 0.394. The molecule has 0 atom stereocenters. The molecule has 1 heterocycles. The van der Waals surface area contributed by atoms with Crippen LogP contribution in [0.25, 0.3) is 0 Å². The van der Waals surface area contributed by atoms with E-state index in [1.165, 1.54) is 18.1 Å². The first kappa shape index (κ1) is 11.3. The van der Waals surface area contributed by atoms with Crippen molar-refractivity contribution < 1.29 is 5.11 Å². The maximum absolute atomic E-state index is 9.73. The number of hydrogen-bond acceptors (Lipinski definition) is 3. The number of nitrogens with zero attached hydrogens (tertiary/aromatic N) is 1. The molecule has 0 unspecified atom stereocenters. The molecule has 78 valence electrons. The van der Waals surface area contributed by atoms with Crippen LogP contribution < -0.4 is 0 Å². The van der Waals surface area contributed by atoms with Crippen molar-refractivity contribution >= 4 is 11.8 Å². The Morgan fingerprint density at radius 3 is 2.54 bits per heavy atom.